The number of nitrogens with zero attached hydrogens (tertiary/aromatic N) is 3. The standard InChI is InChI=1S/C24H21Cl3N4O4S/c1-31-11-15(29-20(32)4-5-25)14(30-31)8-13-6-12-7-18(36-19(12)10-28-13)24(33)21-22(26)16(34-2)9-17(35-3)23(21)27/h4-7,9-11,24,33H,8H2,1-3H3,(H,29,32). The number of carbonyl (C=O) groups is 1. The van der Waals surface area contributed by atoms with Crippen LogP contribution in [0.15, 0.2) is 42.2 Å². The van der Waals surface area contributed by atoms with Gasteiger partial charge in [0.1, 0.15) is 17.6 Å². The highest BCUT2D eigenvalue weighted by Crippen LogP contribution is 2.46. The minimum atomic E-state index is -1.11. The molecule has 0 aliphatic rings. The summed E-state index contributed by atoms with van der Waals surface area (Å²) in [7, 11) is 4.72. The molecule has 1 atom stereocenters. The molecule has 0 aliphatic heterocycles. The van der Waals surface area contributed by atoms with Gasteiger partial charge in [-0.2, -0.15) is 5.10 Å². The van der Waals surface area contributed by atoms with Crippen LogP contribution in [0.1, 0.15) is 27.9 Å². The third-order valence-electron chi connectivity index (χ3n) is 5.36. The molecule has 0 fully saturated rings. The molecule has 4 aromatic rings. The van der Waals surface area contributed by atoms with Crippen molar-refractivity contribution in [2.45, 2.75) is 12.5 Å². The second-order valence-corrected chi connectivity index (χ2v) is 9.83. The molecule has 8 nitrogen and oxygen atoms in total. The van der Waals surface area contributed by atoms with E-state index in [1.165, 1.54) is 31.6 Å². The summed E-state index contributed by atoms with van der Waals surface area (Å²) in [6.45, 7) is 0. The maximum atomic E-state index is 11.9. The lowest BCUT2D eigenvalue weighted by atomic mass is 10.1. The van der Waals surface area contributed by atoms with Crippen molar-refractivity contribution in [3.05, 3.63) is 74.1 Å². The maximum Gasteiger partial charge on any atom is 0.249 e. The fourth-order valence-electron chi connectivity index (χ4n) is 3.70. The van der Waals surface area contributed by atoms with Gasteiger partial charge in [0, 0.05) is 59.7 Å². The van der Waals surface area contributed by atoms with Gasteiger partial charge in [0.25, 0.3) is 0 Å². The zero-order valence-corrected chi connectivity index (χ0v) is 22.5. The van der Waals surface area contributed by atoms with Crippen LogP contribution in [-0.2, 0) is 18.3 Å². The first-order valence-corrected chi connectivity index (χ1v) is 12.5. The van der Waals surface area contributed by atoms with Crippen LogP contribution in [0.2, 0.25) is 10.0 Å². The molecule has 36 heavy (non-hydrogen) atoms. The van der Waals surface area contributed by atoms with Gasteiger partial charge in [0.2, 0.25) is 5.91 Å². The second-order valence-electron chi connectivity index (χ2n) is 7.71. The van der Waals surface area contributed by atoms with Crippen LogP contribution < -0.4 is 14.8 Å². The number of ether oxygens (including phenoxy) is 2. The number of fused-ring (bicyclic) bond motifs is 1. The average molecular weight is 568 g/mol. The lowest BCUT2D eigenvalue weighted by Crippen LogP contribution is -2.09. The van der Waals surface area contributed by atoms with Crippen LogP contribution in [0.4, 0.5) is 5.69 Å². The highest BCUT2D eigenvalue weighted by molar-refractivity contribution is 7.19. The summed E-state index contributed by atoms with van der Waals surface area (Å²) in [5, 5.41) is 19.7. The van der Waals surface area contributed by atoms with Gasteiger partial charge in [-0.1, -0.05) is 34.8 Å². The number of carbonyl (C=O) groups excluding carboxylic acids is 1. The molecule has 0 bridgehead atoms. The third kappa shape index (κ3) is 5.30. The fraction of sp³-hybridized carbons (Fsp3) is 0.208. The molecule has 0 aliphatic carbocycles. The lowest BCUT2D eigenvalue weighted by Gasteiger charge is -2.17. The third-order valence-corrected chi connectivity index (χ3v) is 7.40. The minimum absolute atomic E-state index is 0.209. The maximum absolute atomic E-state index is 11.9. The zero-order valence-electron chi connectivity index (χ0n) is 19.4. The van der Waals surface area contributed by atoms with Crippen LogP contribution in [0.25, 0.3) is 10.1 Å². The number of amides is 1. The Hall–Kier alpha value is -2.82. The number of rotatable bonds is 8. The predicted molar refractivity (Wildman–Crippen MR) is 143 cm³/mol. The molecule has 4 rings (SSSR count). The Morgan fingerprint density at radius 1 is 1.22 bits per heavy atom. The summed E-state index contributed by atoms with van der Waals surface area (Å²) in [5.41, 5.74) is 3.40. The van der Waals surface area contributed by atoms with Gasteiger partial charge in [0.15, 0.2) is 0 Å². The normalized spacial score (nSPS) is 12.3. The smallest absolute Gasteiger partial charge is 0.249 e. The Morgan fingerprint density at radius 2 is 1.92 bits per heavy atom. The quantitative estimate of drug-likeness (QED) is 0.264. The highest BCUT2D eigenvalue weighted by Gasteiger charge is 2.25. The van der Waals surface area contributed by atoms with Crippen LogP contribution in [-0.4, -0.2) is 40.0 Å². The van der Waals surface area contributed by atoms with E-state index in [9.17, 15) is 9.90 Å². The summed E-state index contributed by atoms with van der Waals surface area (Å²) in [4.78, 5) is 17.1. The van der Waals surface area contributed by atoms with Crippen molar-refractivity contribution in [3.8, 4) is 11.5 Å². The summed E-state index contributed by atoms with van der Waals surface area (Å²) in [5.74, 6) is 0.333. The number of aryl methyl sites for hydroxylation is 1. The van der Waals surface area contributed by atoms with Crippen molar-refractivity contribution >= 4 is 67.8 Å². The number of aliphatic hydroxyl groups excluding tert-OH is 1. The van der Waals surface area contributed by atoms with E-state index in [0.717, 1.165) is 21.3 Å². The monoisotopic (exact) mass is 566 g/mol. The molecule has 188 valence electrons. The van der Waals surface area contributed by atoms with Gasteiger partial charge in [-0.3, -0.25) is 14.5 Å². The fourth-order valence-corrected chi connectivity index (χ4v) is 5.54. The Bertz CT molecular complexity index is 1440. The molecule has 1 unspecified atom stereocenters. The topological polar surface area (TPSA) is 98.5 Å². The Morgan fingerprint density at radius 3 is 2.56 bits per heavy atom. The number of pyridine rings is 1. The summed E-state index contributed by atoms with van der Waals surface area (Å²) >= 11 is 19.8. The SMILES string of the molecule is COc1cc(OC)c(Cl)c(C(O)c2cc3cc(Cc4nn(C)cc4NC(=O)C=CCl)ncc3s2)c1Cl. The molecule has 1 amide bonds. The molecule has 0 radical (unpaired) electrons. The van der Waals surface area contributed by atoms with Gasteiger partial charge >= 0.3 is 0 Å². The van der Waals surface area contributed by atoms with E-state index < -0.39 is 6.10 Å². The van der Waals surface area contributed by atoms with E-state index in [1.54, 1.807) is 30.2 Å². The van der Waals surface area contributed by atoms with Gasteiger partial charge in [-0.15, -0.1) is 11.3 Å². The van der Waals surface area contributed by atoms with E-state index in [2.05, 4.69) is 15.4 Å². The first kappa shape index (κ1) is 26.2. The van der Waals surface area contributed by atoms with Crippen molar-refractivity contribution in [1.29, 1.82) is 0 Å². The number of thiophene rings is 1. The van der Waals surface area contributed by atoms with Gasteiger partial charge in [-0.25, -0.2) is 0 Å². The number of nitrogens with one attached hydrogen (secondary N) is 1. The first-order valence-electron chi connectivity index (χ1n) is 10.5. The molecule has 3 heterocycles. The molecule has 12 heteroatoms. The Labute approximate surface area is 226 Å². The number of aromatic nitrogens is 3. The van der Waals surface area contributed by atoms with Gasteiger partial charge < -0.3 is 19.9 Å². The molecule has 1 aromatic carbocycles. The number of anilines is 1. The minimum Gasteiger partial charge on any atom is -0.495 e. The Balaban J connectivity index is 1.65. The first-order chi connectivity index (χ1) is 17.2. The van der Waals surface area contributed by atoms with Crippen molar-refractivity contribution in [2.24, 2.45) is 7.05 Å². The van der Waals surface area contributed by atoms with Crippen molar-refractivity contribution in [3.63, 3.8) is 0 Å². The molecule has 0 saturated heterocycles. The van der Waals surface area contributed by atoms with Crippen LogP contribution in [0.5, 0.6) is 11.5 Å². The number of hydrogen-bond acceptors (Lipinski definition) is 7. The van der Waals surface area contributed by atoms with Crippen LogP contribution in [0, 0.1) is 0 Å². The molecule has 0 spiro atoms. The molecule has 0 saturated carbocycles. The summed E-state index contributed by atoms with van der Waals surface area (Å²) < 4.78 is 13.1. The van der Waals surface area contributed by atoms with Crippen LogP contribution >= 0.6 is 46.1 Å². The van der Waals surface area contributed by atoms with E-state index in [4.69, 9.17) is 44.3 Å². The lowest BCUT2D eigenvalue weighted by molar-refractivity contribution is -0.111. The molecule has 3 aromatic heterocycles. The number of hydrogen-bond donors (Lipinski definition) is 2. The molecular weight excluding hydrogens is 547 g/mol. The van der Waals surface area contributed by atoms with Crippen LogP contribution in [0.3, 0.4) is 0 Å². The number of halogens is 3. The van der Waals surface area contributed by atoms with E-state index in [0.29, 0.717) is 39.7 Å². The van der Waals surface area contributed by atoms with Gasteiger partial charge in [0.05, 0.1) is 40.3 Å². The van der Waals surface area contributed by atoms with E-state index >= 15 is 0 Å². The zero-order chi connectivity index (χ0) is 26.0. The highest BCUT2D eigenvalue weighted by atomic mass is 35.5. The van der Waals surface area contributed by atoms with Crippen molar-refractivity contribution in [1.82, 2.24) is 14.8 Å². The number of aliphatic hydroxyl groups is 1. The Kier molecular flexibility index (Phi) is 8.07. The van der Waals surface area contributed by atoms with Crippen molar-refractivity contribution in [2.75, 3.05) is 19.5 Å². The number of methoxy groups -OCH3 is 2. The number of benzene rings is 1. The van der Waals surface area contributed by atoms with E-state index in [1.807, 2.05) is 12.1 Å². The second kappa shape index (κ2) is 11.1. The molecular formula is C24H21Cl3N4O4S. The molecule has 2 N–H and O–H groups in total. The largest absolute Gasteiger partial charge is 0.495 e. The summed E-state index contributed by atoms with van der Waals surface area (Å²) in [6, 6.07) is 5.35. The average Bonchev–Trinajstić information content (AvgIpc) is 3.42. The van der Waals surface area contributed by atoms with Crippen molar-refractivity contribution < 1.29 is 19.4 Å². The predicted octanol–water partition coefficient (Wildman–Crippen LogP) is 5.72. The van der Waals surface area contributed by atoms with Gasteiger partial charge in [-0.05, 0) is 17.5 Å². The van der Waals surface area contributed by atoms with E-state index in [-0.39, 0.29) is 16.0 Å². The summed E-state index contributed by atoms with van der Waals surface area (Å²) in [6.07, 6.45) is 3.94.